The molecular formula is C18H25IN4OS2. The first-order valence-corrected chi connectivity index (χ1v) is 10.1. The van der Waals surface area contributed by atoms with Crippen molar-refractivity contribution in [2.75, 3.05) is 32.4 Å². The van der Waals surface area contributed by atoms with Crippen molar-refractivity contribution >= 4 is 58.9 Å². The average Bonchev–Trinajstić information content (AvgIpc) is 3.18. The second kappa shape index (κ2) is 13.9. The Bertz CT molecular complexity index is 650. The molecule has 0 saturated carbocycles. The summed E-state index contributed by atoms with van der Waals surface area (Å²) in [6.45, 7) is 2.25. The molecule has 0 aliphatic heterocycles. The Balaban J connectivity index is 0.00000338. The quantitative estimate of drug-likeness (QED) is 0.161. The largest absolute Gasteiger partial charge is 0.356 e. The van der Waals surface area contributed by atoms with Gasteiger partial charge in [-0.3, -0.25) is 9.79 Å². The first kappa shape index (κ1) is 22.8. The van der Waals surface area contributed by atoms with Crippen LogP contribution < -0.4 is 16.0 Å². The maximum Gasteiger partial charge on any atom is 0.261 e. The Labute approximate surface area is 180 Å². The number of thiophene rings is 1. The van der Waals surface area contributed by atoms with E-state index in [4.69, 9.17) is 0 Å². The van der Waals surface area contributed by atoms with E-state index >= 15 is 0 Å². The summed E-state index contributed by atoms with van der Waals surface area (Å²) in [5.41, 5.74) is 0. The van der Waals surface area contributed by atoms with Crippen LogP contribution in [-0.4, -0.2) is 44.3 Å². The molecule has 0 aliphatic carbocycles. The minimum Gasteiger partial charge on any atom is -0.356 e. The first-order valence-electron chi connectivity index (χ1n) is 8.23. The van der Waals surface area contributed by atoms with Gasteiger partial charge in [0.2, 0.25) is 0 Å². The van der Waals surface area contributed by atoms with E-state index in [-0.39, 0.29) is 29.9 Å². The molecule has 3 N–H and O–H groups in total. The Morgan fingerprint density at radius 2 is 1.77 bits per heavy atom. The van der Waals surface area contributed by atoms with Crippen LogP contribution >= 0.6 is 47.1 Å². The van der Waals surface area contributed by atoms with Crippen molar-refractivity contribution in [1.82, 2.24) is 16.0 Å². The fourth-order valence-corrected chi connectivity index (χ4v) is 3.50. The van der Waals surface area contributed by atoms with E-state index < -0.39 is 0 Å². The molecule has 5 nitrogen and oxygen atoms in total. The van der Waals surface area contributed by atoms with Gasteiger partial charge < -0.3 is 16.0 Å². The minimum absolute atomic E-state index is 0. The zero-order valence-electron chi connectivity index (χ0n) is 14.7. The summed E-state index contributed by atoms with van der Waals surface area (Å²) in [4.78, 5) is 18.0. The number of hydrogen-bond donors (Lipinski definition) is 3. The van der Waals surface area contributed by atoms with E-state index in [9.17, 15) is 4.79 Å². The van der Waals surface area contributed by atoms with Crippen molar-refractivity contribution < 1.29 is 4.79 Å². The fourth-order valence-electron chi connectivity index (χ4n) is 2.07. The normalized spacial score (nSPS) is 10.7. The third kappa shape index (κ3) is 8.91. The highest BCUT2D eigenvalue weighted by molar-refractivity contribution is 14.0. The minimum atomic E-state index is -0.00422. The molecule has 1 amide bonds. The number of amides is 1. The molecular weight excluding hydrogens is 479 g/mol. The van der Waals surface area contributed by atoms with Crippen molar-refractivity contribution in [2.45, 2.75) is 11.3 Å². The van der Waals surface area contributed by atoms with Crippen LogP contribution in [0.5, 0.6) is 0 Å². The van der Waals surface area contributed by atoms with Gasteiger partial charge in [-0.25, -0.2) is 0 Å². The smallest absolute Gasteiger partial charge is 0.261 e. The Kier molecular flexibility index (Phi) is 12.2. The molecule has 0 fully saturated rings. The van der Waals surface area contributed by atoms with Crippen LogP contribution in [0.4, 0.5) is 0 Å². The summed E-state index contributed by atoms with van der Waals surface area (Å²) in [6, 6.07) is 14.1. The molecule has 0 unspecified atom stereocenters. The van der Waals surface area contributed by atoms with Crippen LogP contribution in [0.2, 0.25) is 0 Å². The van der Waals surface area contributed by atoms with Gasteiger partial charge >= 0.3 is 0 Å². The number of nitrogens with one attached hydrogen (secondary N) is 3. The molecule has 0 saturated heterocycles. The van der Waals surface area contributed by atoms with E-state index in [0.29, 0.717) is 6.54 Å². The lowest BCUT2D eigenvalue weighted by atomic mass is 10.4. The standard InChI is InChI=1S/C18H24N4OS2.HI/c1-19-18(22-12-14-24-15-7-3-2-4-8-15)21-11-6-10-20-17(23)16-9-5-13-25-16;/h2-5,7-9,13H,6,10-12,14H2,1H3,(H,20,23)(H2,19,21,22);1H. The topological polar surface area (TPSA) is 65.5 Å². The molecule has 1 aromatic heterocycles. The van der Waals surface area contributed by atoms with Crippen molar-refractivity contribution in [2.24, 2.45) is 4.99 Å². The number of rotatable bonds is 9. The van der Waals surface area contributed by atoms with Crippen LogP contribution in [0.1, 0.15) is 16.1 Å². The third-order valence-electron chi connectivity index (χ3n) is 3.31. The van der Waals surface area contributed by atoms with Crippen LogP contribution in [0.25, 0.3) is 0 Å². The van der Waals surface area contributed by atoms with Crippen molar-refractivity contribution in [3.63, 3.8) is 0 Å². The van der Waals surface area contributed by atoms with E-state index in [1.165, 1.54) is 16.2 Å². The van der Waals surface area contributed by atoms with Gasteiger partial charge in [0.25, 0.3) is 5.91 Å². The summed E-state index contributed by atoms with van der Waals surface area (Å²) in [7, 11) is 1.76. The Morgan fingerprint density at radius 3 is 2.46 bits per heavy atom. The highest BCUT2D eigenvalue weighted by Gasteiger charge is 2.04. The van der Waals surface area contributed by atoms with Gasteiger partial charge in [-0.2, -0.15) is 0 Å². The summed E-state index contributed by atoms with van der Waals surface area (Å²) >= 11 is 3.27. The molecule has 142 valence electrons. The van der Waals surface area contributed by atoms with E-state index in [1.807, 2.05) is 47.5 Å². The maximum absolute atomic E-state index is 11.8. The number of nitrogens with zero attached hydrogens (tertiary/aromatic N) is 1. The number of halogens is 1. The van der Waals surface area contributed by atoms with Crippen molar-refractivity contribution in [1.29, 1.82) is 0 Å². The van der Waals surface area contributed by atoms with Crippen LogP contribution in [0.3, 0.4) is 0 Å². The van der Waals surface area contributed by atoms with Crippen LogP contribution in [0.15, 0.2) is 57.7 Å². The summed E-state index contributed by atoms with van der Waals surface area (Å²) in [5.74, 6) is 1.76. The molecule has 0 atom stereocenters. The number of benzene rings is 1. The molecule has 0 radical (unpaired) electrons. The van der Waals surface area contributed by atoms with Crippen molar-refractivity contribution in [3.8, 4) is 0 Å². The van der Waals surface area contributed by atoms with Gasteiger partial charge in [-0.1, -0.05) is 24.3 Å². The SMILES string of the molecule is CN=C(NCCCNC(=O)c1cccs1)NCCSc1ccccc1.I. The van der Waals surface area contributed by atoms with Gasteiger partial charge in [0, 0.05) is 37.3 Å². The number of thioether (sulfide) groups is 1. The number of carbonyl (C=O) groups excluding carboxylic acids is 1. The number of hydrogen-bond acceptors (Lipinski definition) is 4. The molecule has 8 heteroatoms. The lowest BCUT2D eigenvalue weighted by molar-refractivity contribution is 0.0957. The van der Waals surface area contributed by atoms with E-state index in [2.05, 4.69) is 33.1 Å². The number of aliphatic imine (C=N–C) groups is 1. The molecule has 0 bridgehead atoms. The van der Waals surface area contributed by atoms with Gasteiger partial charge in [0.1, 0.15) is 0 Å². The number of carbonyl (C=O) groups is 1. The third-order valence-corrected chi connectivity index (χ3v) is 5.19. The zero-order valence-corrected chi connectivity index (χ0v) is 18.7. The average molecular weight is 504 g/mol. The molecule has 0 spiro atoms. The Morgan fingerprint density at radius 1 is 1.04 bits per heavy atom. The predicted octanol–water partition coefficient (Wildman–Crippen LogP) is 3.44. The monoisotopic (exact) mass is 504 g/mol. The summed E-state index contributed by atoms with van der Waals surface area (Å²) in [6.07, 6.45) is 0.844. The second-order valence-corrected chi connectivity index (χ2v) is 7.29. The zero-order chi connectivity index (χ0) is 17.7. The molecule has 2 aromatic rings. The fraction of sp³-hybridized carbons (Fsp3) is 0.333. The molecule has 2 rings (SSSR count). The summed E-state index contributed by atoms with van der Waals surface area (Å²) in [5, 5.41) is 11.4. The lowest BCUT2D eigenvalue weighted by Crippen LogP contribution is -2.39. The van der Waals surface area contributed by atoms with Gasteiger partial charge in [-0.15, -0.1) is 47.1 Å². The second-order valence-electron chi connectivity index (χ2n) is 5.17. The molecule has 0 aliphatic rings. The van der Waals surface area contributed by atoms with E-state index in [0.717, 1.165) is 36.1 Å². The van der Waals surface area contributed by atoms with Crippen LogP contribution in [0, 0.1) is 0 Å². The Hall–Kier alpha value is -1.26. The highest BCUT2D eigenvalue weighted by atomic mass is 127. The maximum atomic E-state index is 11.8. The molecule has 26 heavy (non-hydrogen) atoms. The molecule has 1 aromatic carbocycles. The number of guanidine groups is 1. The first-order chi connectivity index (χ1) is 12.3. The van der Waals surface area contributed by atoms with Crippen molar-refractivity contribution in [3.05, 3.63) is 52.7 Å². The lowest BCUT2D eigenvalue weighted by Gasteiger charge is -2.12. The van der Waals surface area contributed by atoms with Gasteiger partial charge in [-0.05, 0) is 30.0 Å². The predicted molar refractivity (Wildman–Crippen MR) is 123 cm³/mol. The van der Waals surface area contributed by atoms with Gasteiger partial charge in [0.15, 0.2) is 5.96 Å². The van der Waals surface area contributed by atoms with Crippen LogP contribution in [-0.2, 0) is 0 Å². The molecule has 1 heterocycles. The van der Waals surface area contributed by atoms with Gasteiger partial charge in [0.05, 0.1) is 4.88 Å². The highest BCUT2D eigenvalue weighted by Crippen LogP contribution is 2.15. The van der Waals surface area contributed by atoms with E-state index in [1.54, 1.807) is 7.05 Å². The summed E-state index contributed by atoms with van der Waals surface area (Å²) < 4.78 is 0.